The van der Waals surface area contributed by atoms with E-state index in [0.717, 1.165) is 105 Å². The number of hydrogen-bond donors (Lipinski definition) is 0. The van der Waals surface area contributed by atoms with Crippen molar-refractivity contribution in [3.05, 3.63) is 0 Å². The fourth-order valence-corrected chi connectivity index (χ4v) is 5.61. The van der Waals surface area contributed by atoms with E-state index >= 15 is 0 Å². The van der Waals surface area contributed by atoms with Crippen LogP contribution in [0.2, 0.25) is 0 Å². The molecule has 0 N–H and O–H groups in total. The van der Waals surface area contributed by atoms with E-state index < -0.39 is 0 Å². The highest BCUT2D eigenvalue weighted by molar-refractivity contribution is 4.86. The summed E-state index contributed by atoms with van der Waals surface area (Å²) in [6.07, 6.45) is 4.42. The van der Waals surface area contributed by atoms with Crippen LogP contribution in [0.3, 0.4) is 0 Å². The average Bonchev–Trinajstić information content (AvgIpc) is 3.08. The summed E-state index contributed by atoms with van der Waals surface area (Å²) in [6.45, 7) is 26.8. The predicted octanol–water partition coefficient (Wildman–Crippen LogP) is 3.83. The number of hydrogen-bond acceptors (Lipinski definition) is 13. The van der Waals surface area contributed by atoms with Gasteiger partial charge in [-0.3, -0.25) is 0 Å². The molecule has 4 aliphatic heterocycles. The lowest BCUT2D eigenvalue weighted by atomic mass is 9.84. The third-order valence-corrected chi connectivity index (χ3v) is 10.5. The number of ether oxygens (including phenoxy) is 13. The van der Waals surface area contributed by atoms with Crippen LogP contribution >= 0.6 is 0 Å². The monoisotopic (exact) mass is 736 g/mol. The standard InChI is InChI=1S/C20H38O7.C18H34O6/c1-3-19(15-26-16-19)13-24-11-9-22-7-5-21-6-8-23-10-12-25-14-20(4-2)17-27-18-20;1-3-17(13-23-14-17)11-21-9-7-19-5-6-20-8-10-22-12-18(4-2)15-24-16-18/h3-18H2,1-2H3;3-16H2,1-2H3. The van der Waals surface area contributed by atoms with Gasteiger partial charge < -0.3 is 61.6 Å². The maximum Gasteiger partial charge on any atom is 0.0701 e. The van der Waals surface area contributed by atoms with Gasteiger partial charge in [0, 0.05) is 21.7 Å². The summed E-state index contributed by atoms with van der Waals surface area (Å²) in [7, 11) is 0. The smallest absolute Gasteiger partial charge is 0.0701 e. The highest BCUT2D eigenvalue weighted by Gasteiger charge is 2.39. The van der Waals surface area contributed by atoms with Gasteiger partial charge in [0.1, 0.15) is 0 Å². The molecule has 0 atom stereocenters. The lowest BCUT2D eigenvalue weighted by Crippen LogP contribution is -2.45. The van der Waals surface area contributed by atoms with Crippen molar-refractivity contribution in [2.45, 2.75) is 53.4 Å². The van der Waals surface area contributed by atoms with Gasteiger partial charge in [-0.25, -0.2) is 0 Å². The molecule has 0 unspecified atom stereocenters. The Kier molecular flexibility index (Phi) is 23.2. The van der Waals surface area contributed by atoms with Gasteiger partial charge in [-0.05, 0) is 25.7 Å². The summed E-state index contributed by atoms with van der Waals surface area (Å²) in [6, 6.07) is 0. The molecule has 302 valence electrons. The summed E-state index contributed by atoms with van der Waals surface area (Å²) in [5.74, 6) is 0. The fourth-order valence-electron chi connectivity index (χ4n) is 5.61. The van der Waals surface area contributed by atoms with Crippen LogP contribution in [-0.4, -0.2) is 172 Å². The average molecular weight is 737 g/mol. The van der Waals surface area contributed by atoms with Gasteiger partial charge in [0.15, 0.2) is 0 Å². The summed E-state index contributed by atoms with van der Waals surface area (Å²) in [5.41, 5.74) is 1.00. The SMILES string of the molecule is CCC1(COCCOCCOCCOCC2(CC)COC2)COC1.CCC1(COCCOCCOCCOCCOCC2(CC)COC2)COC1. The molecule has 0 radical (unpaired) electrons. The predicted molar refractivity (Wildman–Crippen MR) is 192 cm³/mol. The zero-order valence-corrected chi connectivity index (χ0v) is 32.5. The van der Waals surface area contributed by atoms with Crippen LogP contribution in [0.4, 0.5) is 0 Å². The Morgan fingerprint density at radius 1 is 0.275 bits per heavy atom. The highest BCUT2D eigenvalue weighted by atomic mass is 16.6. The topological polar surface area (TPSA) is 120 Å². The molecule has 0 aliphatic carbocycles. The molecule has 0 aromatic carbocycles. The Morgan fingerprint density at radius 2 is 0.431 bits per heavy atom. The highest BCUT2D eigenvalue weighted by Crippen LogP contribution is 2.33. The number of rotatable bonds is 33. The summed E-state index contributed by atoms with van der Waals surface area (Å²) in [4.78, 5) is 0. The first-order valence-electron chi connectivity index (χ1n) is 19.5. The van der Waals surface area contributed by atoms with Crippen molar-refractivity contribution < 1.29 is 61.6 Å². The second kappa shape index (κ2) is 26.3. The van der Waals surface area contributed by atoms with Gasteiger partial charge in [0.25, 0.3) is 0 Å². The molecule has 0 saturated carbocycles. The molecule has 0 amide bonds. The minimum absolute atomic E-state index is 0.247. The normalized spacial score (nSPS) is 20.7. The Bertz CT molecular complexity index is 743. The van der Waals surface area contributed by atoms with Gasteiger partial charge in [-0.2, -0.15) is 0 Å². The minimum atomic E-state index is 0.247. The molecule has 13 heteroatoms. The summed E-state index contributed by atoms with van der Waals surface area (Å²) >= 11 is 0. The van der Waals surface area contributed by atoms with E-state index in [9.17, 15) is 0 Å². The Hall–Kier alpha value is -0.520. The quantitative estimate of drug-likeness (QED) is 0.0910. The molecular formula is C38H72O13. The molecule has 0 spiro atoms. The molecule has 4 aliphatic rings. The first-order valence-corrected chi connectivity index (χ1v) is 19.5. The van der Waals surface area contributed by atoms with Crippen LogP contribution < -0.4 is 0 Å². The van der Waals surface area contributed by atoms with Crippen molar-refractivity contribution in [2.24, 2.45) is 21.7 Å². The van der Waals surface area contributed by atoms with Crippen LogP contribution in [0.5, 0.6) is 0 Å². The molecule has 4 saturated heterocycles. The third kappa shape index (κ3) is 17.2. The van der Waals surface area contributed by atoms with Gasteiger partial charge in [0.05, 0.1) is 172 Å². The second-order valence-corrected chi connectivity index (χ2v) is 14.7. The second-order valence-electron chi connectivity index (χ2n) is 14.7. The van der Waals surface area contributed by atoms with Crippen molar-refractivity contribution in [3.8, 4) is 0 Å². The van der Waals surface area contributed by atoms with Crippen molar-refractivity contribution in [1.29, 1.82) is 0 Å². The van der Waals surface area contributed by atoms with E-state index in [1.54, 1.807) is 0 Å². The Labute approximate surface area is 308 Å². The van der Waals surface area contributed by atoms with Crippen molar-refractivity contribution in [2.75, 3.05) is 172 Å². The zero-order chi connectivity index (χ0) is 36.4. The Balaban J connectivity index is 0.000000277. The van der Waals surface area contributed by atoms with Gasteiger partial charge in [-0.1, -0.05) is 27.7 Å². The molecule has 13 nitrogen and oxygen atoms in total. The van der Waals surface area contributed by atoms with E-state index in [2.05, 4.69) is 27.7 Å². The van der Waals surface area contributed by atoms with Crippen molar-refractivity contribution >= 4 is 0 Å². The molecule has 4 rings (SSSR count). The zero-order valence-electron chi connectivity index (χ0n) is 32.5. The van der Waals surface area contributed by atoms with Crippen LogP contribution in [0.25, 0.3) is 0 Å². The Morgan fingerprint density at radius 3 is 0.549 bits per heavy atom. The first-order chi connectivity index (χ1) is 25.0. The first kappa shape index (κ1) is 44.9. The molecule has 51 heavy (non-hydrogen) atoms. The fraction of sp³-hybridized carbons (Fsp3) is 1.00. The van der Waals surface area contributed by atoms with E-state index in [4.69, 9.17) is 61.6 Å². The molecule has 0 aromatic rings. The van der Waals surface area contributed by atoms with E-state index in [1.165, 1.54) is 0 Å². The molecule has 0 aromatic heterocycles. The maximum atomic E-state index is 5.68. The molecule has 4 fully saturated rings. The van der Waals surface area contributed by atoms with Gasteiger partial charge in [0.2, 0.25) is 0 Å². The molecular weight excluding hydrogens is 664 g/mol. The van der Waals surface area contributed by atoms with Crippen LogP contribution in [0, 0.1) is 21.7 Å². The van der Waals surface area contributed by atoms with Crippen LogP contribution in [0.1, 0.15) is 53.4 Å². The third-order valence-electron chi connectivity index (χ3n) is 10.5. The van der Waals surface area contributed by atoms with Crippen LogP contribution in [-0.2, 0) is 61.6 Å². The van der Waals surface area contributed by atoms with E-state index in [0.29, 0.717) is 92.5 Å². The lowest BCUT2D eigenvalue weighted by Gasteiger charge is -2.40. The van der Waals surface area contributed by atoms with Crippen molar-refractivity contribution in [1.82, 2.24) is 0 Å². The van der Waals surface area contributed by atoms with Crippen molar-refractivity contribution in [3.63, 3.8) is 0 Å². The maximum absolute atomic E-state index is 5.68. The van der Waals surface area contributed by atoms with E-state index in [-0.39, 0.29) is 21.7 Å². The molecule has 0 bridgehead atoms. The lowest BCUT2D eigenvalue weighted by molar-refractivity contribution is -0.154. The summed E-state index contributed by atoms with van der Waals surface area (Å²) in [5, 5.41) is 0. The van der Waals surface area contributed by atoms with E-state index in [1.807, 2.05) is 0 Å². The van der Waals surface area contributed by atoms with Gasteiger partial charge >= 0.3 is 0 Å². The molecule has 4 heterocycles. The van der Waals surface area contributed by atoms with Crippen LogP contribution in [0.15, 0.2) is 0 Å². The van der Waals surface area contributed by atoms with Gasteiger partial charge in [-0.15, -0.1) is 0 Å². The largest absolute Gasteiger partial charge is 0.380 e. The minimum Gasteiger partial charge on any atom is -0.380 e. The summed E-state index contributed by atoms with van der Waals surface area (Å²) < 4.78 is 71.3.